The highest BCUT2D eigenvalue weighted by Crippen LogP contribution is 2.42. The van der Waals surface area contributed by atoms with Crippen molar-refractivity contribution >= 4 is 5.91 Å². The Kier molecular flexibility index (Phi) is 3.81. The highest BCUT2D eigenvalue weighted by atomic mass is 19.2. The first-order chi connectivity index (χ1) is 11.2. The molecule has 0 aliphatic carbocycles. The van der Waals surface area contributed by atoms with Gasteiger partial charge in [0.2, 0.25) is 5.82 Å². The molecule has 7 heteroatoms. The molecule has 1 aliphatic rings. The zero-order valence-electron chi connectivity index (χ0n) is 13.8. The van der Waals surface area contributed by atoms with E-state index < -0.39 is 23.3 Å². The molecule has 2 aromatic rings. The van der Waals surface area contributed by atoms with Crippen LogP contribution in [0.25, 0.3) is 0 Å². The predicted octanol–water partition coefficient (Wildman–Crippen LogP) is 2.67. The second kappa shape index (κ2) is 5.58. The van der Waals surface area contributed by atoms with Crippen LogP contribution in [0.2, 0.25) is 0 Å². The van der Waals surface area contributed by atoms with Gasteiger partial charge in [-0.15, -0.1) is 0 Å². The molecule has 5 nitrogen and oxygen atoms in total. The molecule has 1 aromatic carbocycles. The molecule has 0 bridgehead atoms. The van der Waals surface area contributed by atoms with Gasteiger partial charge in [-0.1, -0.05) is 13.8 Å². The van der Waals surface area contributed by atoms with Crippen LogP contribution in [0.1, 0.15) is 35.7 Å². The molecule has 1 unspecified atom stereocenters. The largest absolute Gasteiger partial charge is 0.505 e. The van der Waals surface area contributed by atoms with Gasteiger partial charge in [-0.05, 0) is 23.1 Å². The third kappa shape index (κ3) is 2.64. The topological polar surface area (TPSA) is 58.4 Å². The summed E-state index contributed by atoms with van der Waals surface area (Å²) in [7, 11) is 1.82. The van der Waals surface area contributed by atoms with Crippen LogP contribution in [-0.4, -0.2) is 38.8 Å². The minimum atomic E-state index is -1.40. The van der Waals surface area contributed by atoms with E-state index in [1.54, 1.807) is 10.9 Å². The van der Waals surface area contributed by atoms with Crippen molar-refractivity contribution in [1.82, 2.24) is 14.7 Å². The number of likely N-dealkylation sites (tertiary alicyclic amines) is 1. The SMILES string of the molecule is Cn1cc(C2CN(C(=O)c3ccc(O)c(F)c3F)CC2(C)C)cn1. The summed E-state index contributed by atoms with van der Waals surface area (Å²) in [6.07, 6.45) is 3.67. The number of hydrogen-bond donors (Lipinski definition) is 1. The van der Waals surface area contributed by atoms with Gasteiger partial charge in [0.1, 0.15) is 0 Å². The highest BCUT2D eigenvalue weighted by Gasteiger charge is 2.43. The molecule has 1 N–H and O–H groups in total. The fraction of sp³-hybridized carbons (Fsp3) is 0.412. The van der Waals surface area contributed by atoms with Gasteiger partial charge in [-0.2, -0.15) is 9.49 Å². The maximum Gasteiger partial charge on any atom is 0.256 e. The van der Waals surface area contributed by atoms with Crippen LogP contribution >= 0.6 is 0 Å². The Labute approximate surface area is 138 Å². The maximum atomic E-state index is 14.0. The van der Waals surface area contributed by atoms with Crippen LogP contribution in [0.5, 0.6) is 5.75 Å². The van der Waals surface area contributed by atoms with Crippen LogP contribution in [0, 0.1) is 17.0 Å². The van der Waals surface area contributed by atoms with Gasteiger partial charge in [0.05, 0.1) is 11.8 Å². The van der Waals surface area contributed by atoms with Crippen molar-refractivity contribution in [3.63, 3.8) is 0 Å². The number of amides is 1. The van der Waals surface area contributed by atoms with Gasteiger partial charge in [0.25, 0.3) is 5.91 Å². The molecule has 3 rings (SSSR count). The van der Waals surface area contributed by atoms with Gasteiger partial charge in [-0.25, -0.2) is 4.39 Å². The molecular weight excluding hydrogens is 316 g/mol. The molecule has 1 aliphatic heterocycles. The normalized spacial score (nSPS) is 19.7. The number of benzene rings is 1. The Bertz CT molecular complexity index is 801. The van der Waals surface area contributed by atoms with Gasteiger partial charge < -0.3 is 10.0 Å². The van der Waals surface area contributed by atoms with Crippen LogP contribution in [0.3, 0.4) is 0 Å². The average Bonchev–Trinajstić information content (AvgIpc) is 3.07. The number of aromatic hydroxyl groups is 1. The number of aryl methyl sites for hydroxylation is 1. The van der Waals surface area contributed by atoms with E-state index >= 15 is 0 Å². The molecule has 0 saturated carbocycles. The van der Waals surface area contributed by atoms with Crippen molar-refractivity contribution in [2.75, 3.05) is 13.1 Å². The van der Waals surface area contributed by atoms with Crippen LogP contribution in [-0.2, 0) is 7.05 Å². The molecule has 1 atom stereocenters. The van der Waals surface area contributed by atoms with E-state index in [4.69, 9.17) is 0 Å². The zero-order chi connectivity index (χ0) is 17.6. The van der Waals surface area contributed by atoms with E-state index in [0.717, 1.165) is 17.7 Å². The Morgan fingerprint density at radius 3 is 2.67 bits per heavy atom. The number of phenols is 1. The standard InChI is InChI=1S/C17H19F2N3O2/c1-17(2)9-22(8-12(17)10-6-20-21(3)7-10)16(24)11-4-5-13(23)15(19)14(11)18/h4-7,12,23H,8-9H2,1-3H3. The van der Waals surface area contributed by atoms with E-state index in [0.29, 0.717) is 13.1 Å². The lowest BCUT2D eigenvalue weighted by atomic mass is 9.79. The van der Waals surface area contributed by atoms with Gasteiger partial charge in [-0.3, -0.25) is 9.48 Å². The molecule has 0 spiro atoms. The number of carbonyl (C=O) groups excluding carboxylic acids is 1. The van der Waals surface area contributed by atoms with Crippen molar-refractivity contribution in [3.8, 4) is 5.75 Å². The molecule has 2 heterocycles. The number of rotatable bonds is 2. The van der Waals surface area contributed by atoms with Crippen LogP contribution in [0.4, 0.5) is 8.78 Å². The quantitative estimate of drug-likeness (QED) is 0.918. The molecule has 1 saturated heterocycles. The second-order valence-electron chi connectivity index (χ2n) is 6.93. The summed E-state index contributed by atoms with van der Waals surface area (Å²) in [6.45, 7) is 4.89. The van der Waals surface area contributed by atoms with Crippen LogP contribution in [0.15, 0.2) is 24.5 Å². The summed E-state index contributed by atoms with van der Waals surface area (Å²) in [4.78, 5) is 14.1. The second-order valence-corrected chi connectivity index (χ2v) is 6.93. The van der Waals surface area contributed by atoms with E-state index in [-0.39, 0.29) is 16.9 Å². The van der Waals surface area contributed by atoms with E-state index in [1.165, 1.54) is 4.90 Å². The first-order valence-corrected chi connectivity index (χ1v) is 7.65. The molecule has 1 aromatic heterocycles. The number of nitrogens with zero attached hydrogens (tertiary/aromatic N) is 3. The fourth-order valence-electron chi connectivity index (χ4n) is 3.34. The summed E-state index contributed by atoms with van der Waals surface area (Å²) < 4.78 is 29.2. The van der Waals surface area contributed by atoms with Gasteiger partial charge >= 0.3 is 0 Å². The number of halogens is 2. The summed E-state index contributed by atoms with van der Waals surface area (Å²) in [6, 6.07) is 2.10. The van der Waals surface area contributed by atoms with Crippen molar-refractivity contribution in [3.05, 3.63) is 47.3 Å². The van der Waals surface area contributed by atoms with Crippen LogP contribution < -0.4 is 0 Å². The average molecular weight is 335 g/mol. The third-order valence-corrected chi connectivity index (χ3v) is 4.65. The molecule has 1 fully saturated rings. The molecule has 0 radical (unpaired) electrons. The molecule has 128 valence electrons. The lowest BCUT2D eigenvalue weighted by molar-refractivity contribution is 0.0772. The summed E-state index contributed by atoms with van der Waals surface area (Å²) in [5.74, 6) is -4.05. The number of aromatic nitrogens is 2. The molecule has 24 heavy (non-hydrogen) atoms. The van der Waals surface area contributed by atoms with Gasteiger partial charge in [0.15, 0.2) is 11.6 Å². The Balaban J connectivity index is 1.89. The molecular formula is C17H19F2N3O2. The zero-order valence-corrected chi connectivity index (χ0v) is 13.8. The fourth-order valence-corrected chi connectivity index (χ4v) is 3.34. The Morgan fingerprint density at radius 2 is 2.04 bits per heavy atom. The summed E-state index contributed by atoms with van der Waals surface area (Å²) >= 11 is 0. The summed E-state index contributed by atoms with van der Waals surface area (Å²) in [5, 5.41) is 13.4. The first kappa shape index (κ1) is 16.4. The van der Waals surface area contributed by atoms with E-state index in [1.807, 2.05) is 27.1 Å². The van der Waals surface area contributed by atoms with Crippen molar-refractivity contribution in [2.24, 2.45) is 12.5 Å². The number of phenolic OH excluding ortho intramolecular Hbond substituents is 1. The van der Waals surface area contributed by atoms with Crippen molar-refractivity contribution < 1.29 is 18.7 Å². The van der Waals surface area contributed by atoms with Crippen molar-refractivity contribution in [2.45, 2.75) is 19.8 Å². The smallest absolute Gasteiger partial charge is 0.256 e. The van der Waals surface area contributed by atoms with E-state index in [2.05, 4.69) is 5.10 Å². The summed E-state index contributed by atoms with van der Waals surface area (Å²) in [5.41, 5.74) is 0.424. The number of carbonyl (C=O) groups is 1. The maximum absolute atomic E-state index is 14.0. The lowest BCUT2D eigenvalue weighted by Gasteiger charge is -2.24. The Hall–Kier alpha value is -2.44. The lowest BCUT2D eigenvalue weighted by Crippen LogP contribution is -2.31. The highest BCUT2D eigenvalue weighted by molar-refractivity contribution is 5.95. The Morgan fingerprint density at radius 1 is 1.33 bits per heavy atom. The minimum Gasteiger partial charge on any atom is -0.505 e. The third-order valence-electron chi connectivity index (χ3n) is 4.65. The first-order valence-electron chi connectivity index (χ1n) is 7.65. The van der Waals surface area contributed by atoms with Crippen molar-refractivity contribution in [1.29, 1.82) is 0 Å². The van der Waals surface area contributed by atoms with Gasteiger partial charge in [0, 0.05) is 32.3 Å². The minimum absolute atomic E-state index is 0.0557. The predicted molar refractivity (Wildman–Crippen MR) is 83.7 cm³/mol. The monoisotopic (exact) mass is 335 g/mol. The molecule has 1 amide bonds. The number of hydrogen-bond acceptors (Lipinski definition) is 3. The van der Waals surface area contributed by atoms with E-state index in [9.17, 15) is 18.7 Å².